The molecule has 0 bridgehead atoms. The highest BCUT2D eigenvalue weighted by Crippen LogP contribution is 2.31. The molecule has 2 fully saturated rings. The van der Waals surface area contributed by atoms with Crippen LogP contribution in [0.2, 0.25) is 0 Å². The fourth-order valence-corrected chi connectivity index (χ4v) is 4.39. The molecule has 2 unspecified atom stereocenters. The zero-order valence-corrected chi connectivity index (χ0v) is 10.8. The van der Waals surface area contributed by atoms with Gasteiger partial charge < -0.3 is 5.73 Å². The zero-order valence-electron chi connectivity index (χ0n) is 9.19. The highest BCUT2D eigenvalue weighted by atomic mass is 32.2. The second kappa shape index (κ2) is 4.58. The maximum Gasteiger partial charge on any atom is 0.212 e. The molecule has 2 aliphatic carbocycles. The first kappa shape index (κ1) is 12.3. The van der Waals surface area contributed by atoms with Crippen molar-refractivity contribution in [1.82, 2.24) is 4.72 Å². The van der Waals surface area contributed by atoms with Crippen molar-refractivity contribution >= 4 is 27.2 Å². The Morgan fingerprint density at radius 3 is 2.56 bits per heavy atom. The molecule has 0 spiro atoms. The smallest absolute Gasteiger partial charge is 0.212 e. The summed E-state index contributed by atoms with van der Waals surface area (Å²) < 4.78 is 26.4. The Bertz CT molecular complexity index is 376. The lowest BCUT2D eigenvalue weighted by atomic mass is 10.1. The predicted molar refractivity (Wildman–Crippen MR) is 67.6 cm³/mol. The third kappa shape index (κ3) is 3.15. The molecular formula is C10H18N2O2S2. The summed E-state index contributed by atoms with van der Waals surface area (Å²) in [5.74, 6) is 0.694. The molecule has 2 saturated carbocycles. The Morgan fingerprint density at radius 1 is 1.31 bits per heavy atom. The topological polar surface area (TPSA) is 72.2 Å². The van der Waals surface area contributed by atoms with E-state index in [0.717, 1.165) is 32.1 Å². The van der Waals surface area contributed by atoms with E-state index in [1.54, 1.807) is 0 Å². The van der Waals surface area contributed by atoms with Crippen molar-refractivity contribution in [2.45, 2.75) is 38.1 Å². The van der Waals surface area contributed by atoms with Crippen molar-refractivity contribution < 1.29 is 8.42 Å². The van der Waals surface area contributed by atoms with Gasteiger partial charge in [0, 0.05) is 12.0 Å². The largest absolute Gasteiger partial charge is 0.393 e. The van der Waals surface area contributed by atoms with Crippen molar-refractivity contribution in [1.29, 1.82) is 0 Å². The lowest BCUT2D eigenvalue weighted by Gasteiger charge is -2.19. The minimum atomic E-state index is -3.13. The van der Waals surface area contributed by atoms with Gasteiger partial charge in [-0.15, -0.1) is 0 Å². The molecule has 0 aliphatic heterocycles. The standard InChI is InChI=1S/C10H18N2O2S2/c11-10(15)8-2-1-3-9(8)12-16(13,14)6-7-4-5-7/h7-9,12H,1-6H2,(H2,11,15). The van der Waals surface area contributed by atoms with E-state index < -0.39 is 10.0 Å². The van der Waals surface area contributed by atoms with Crippen LogP contribution < -0.4 is 10.5 Å². The van der Waals surface area contributed by atoms with Crippen LogP contribution in [0.15, 0.2) is 0 Å². The normalized spacial score (nSPS) is 30.5. The highest BCUT2D eigenvalue weighted by Gasteiger charge is 2.34. The summed E-state index contributed by atoms with van der Waals surface area (Å²) >= 11 is 4.96. The van der Waals surface area contributed by atoms with Crippen molar-refractivity contribution in [3.8, 4) is 0 Å². The van der Waals surface area contributed by atoms with Crippen LogP contribution in [0.25, 0.3) is 0 Å². The van der Waals surface area contributed by atoms with Crippen LogP contribution in [0.4, 0.5) is 0 Å². The molecule has 0 aromatic heterocycles. The van der Waals surface area contributed by atoms with Gasteiger partial charge in [0.1, 0.15) is 0 Å². The first-order chi connectivity index (χ1) is 7.48. The average molecular weight is 262 g/mol. The lowest BCUT2D eigenvalue weighted by molar-refractivity contribution is 0.523. The second-order valence-electron chi connectivity index (χ2n) is 4.89. The van der Waals surface area contributed by atoms with Gasteiger partial charge in [-0.2, -0.15) is 0 Å². The fraction of sp³-hybridized carbons (Fsp3) is 0.900. The molecule has 0 amide bonds. The first-order valence-corrected chi connectivity index (χ1v) is 7.83. The minimum Gasteiger partial charge on any atom is -0.393 e. The Balaban J connectivity index is 1.94. The van der Waals surface area contributed by atoms with E-state index in [1.165, 1.54) is 0 Å². The summed E-state index contributed by atoms with van der Waals surface area (Å²) in [7, 11) is -3.13. The summed E-state index contributed by atoms with van der Waals surface area (Å²) in [5, 5.41) is 0. The summed E-state index contributed by atoms with van der Waals surface area (Å²) in [5.41, 5.74) is 5.62. The zero-order chi connectivity index (χ0) is 11.8. The van der Waals surface area contributed by atoms with Crippen LogP contribution >= 0.6 is 12.2 Å². The molecule has 2 atom stereocenters. The Morgan fingerprint density at radius 2 is 2.00 bits per heavy atom. The molecule has 3 N–H and O–H groups in total. The number of nitrogens with one attached hydrogen (secondary N) is 1. The Labute approximate surface area is 102 Å². The number of hydrogen-bond acceptors (Lipinski definition) is 3. The van der Waals surface area contributed by atoms with Gasteiger partial charge in [-0.05, 0) is 31.6 Å². The van der Waals surface area contributed by atoms with Gasteiger partial charge in [0.15, 0.2) is 0 Å². The number of hydrogen-bond donors (Lipinski definition) is 2. The lowest BCUT2D eigenvalue weighted by Crippen LogP contribution is -2.42. The van der Waals surface area contributed by atoms with E-state index in [9.17, 15) is 8.42 Å². The van der Waals surface area contributed by atoms with Gasteiger partial charge in [-0.25, -0.2) is 13.1 Å². The third-order valence-electron chi connectivity index (χ3n) is 3.36. The molecule has 92 valence electrons. The van der Waals surface area contributed by atoms with E-state index in [0.29, 0.717) is 10.9 Å². The van der Waals surface area contributed by atoms with Crippen molar-refractivity contribution in [2.75, 3.05) is 5.75 Å². The van der Waals surface area contributed by atoms with Gasteiger partial charge in [-0.1, -0.05) is 18.6 Å². The molecule has 16 heavy (non-hydrogen) atoms. The molecule has 0 heterocycles. The summed E-state index contributed by atoms with van der Waals surface area (Å²) in [6, 6.07) is -0.0683. The fourth-order valence-electron chi connectivity index (χ4n) is 2.32. The van der Waals surface area contributed by atoms with Crippen LogP contribution in [-0.4, -0.2) is 25.2 Å². The number of nitrogens with two attached hydrogens (primary N) is 1. The summed E-state index contributed by atoms with van der Waals surface area (Å²) in [6.45, 7) is 0. The van der Waals surface area contributed by atoms with Gasteiger partial charge in [0.05, 0.1) is 10.7 Å². The Kier molecular flexibility index (Phi) is 3.51. The molecule has 0 aromatic carbocycles. The van der Waals surface area contributed by atoms with Crippen LogP contribution in [0.1, 0.15) is 32.1 Å². The maximum absolute atomic E-state index is 11.8. The van der Waals surface area contributed by atoms with Crippen LogP contribution in [0, 0.1) is 11.8 Å². The van der Waals surface area contributed by atoms with Crippen LogP contribution in [0.3, 0.4) is 0 Å². The van der Waals surface area contributed by atoms with Crippen LogP contribution in [0.5, 0.6) is 0 Å². The highest BCUT2D eigenvalue weighted by molar-refractivity contribution is 7.89. The Hall–Kier alpha value is -0.200. The van der Waals surface area contributed by atoms with Gasteiger partial charge in [0.25, 0.3) is 0 Å². The van der Waals surface area contributed by atoms with E-state index in [1.807, 2.05) is 0 Å². The molecule has 0 saturated heterocycles. The molecule has 4 nitrogen and oxygen atoms in total. The van der Waals surface area contributed by atoms with Crippen molar-refractivity contribution in [2.24, 2.45) is 17.6 Å². The molecule has 0 radical (unpaired) electrons. The molecule has 0 aromatic rings. The van der Waals surface area contributed by atoms with Gasteiger partial charge in [0.2, 0.25) is 10.0 Å². The molecule has 2 rings (SSSR count). The van der Waals surface area contributed by atoms with Crippen LogP contribution in [-0.2, 0) is 10.0 Å². The van der Waals surface area contributed by atoms with E-state index in [4.69, 9.17) is 18.0 Å². The second-order valence-corrected chi connectivity index (χ2v) is 7.16. The average Bonchev–Trinajstić information content (AvgIpc) is 2.80. The predicted octanol–water partition coefficient (Wildman–Crippen LogP) is 0.771. The SMILES string of the molecule is NC(=S)C1CCCC1NS(=O)(=O)CC1CC1. The third-order valence-corrected chi connectivity index (χ3v) is 5.24. The molecule has 6 heteroatoms. The van der Waals surface area contributed by atoms with E-state index in [2.05, 4.69) is 4.72 Å². The number of rotatable bonds is 5. The molecular weight excluding hydrogens is 244 g/mol. The van der Waals surface area contributed by atoms with E-state index >= 15 is 0 Å². The maximum atomic E-state index is 11.8. The number of sulfonamides is 1. The van der Waals surface area contributed by atoms with Crippen molar-refractivity contribution in [3.63, 3.8) is 0 Å². The monoisotopic (exact) mass is 262 g/mol. The number of thiocarbonyl (C=S) groups is 1. The quantitative estimate of drug-likeness (QED) is 0.718. The summed E-state index contributed by atoms with van der Waals surface area (Å²) in [4.78, 5) is 0.441. The minimum absolute atomic E-state index is 0.0454. The van der Waals surface area contributed by atoms with Crippen molar-refractivity contribution in [3.05, 3.63) is 0 Å². The first-order valence-electron chi connectivity index (χ1n) is 5.77. The van der Waals surface area contributed by atoms with Gasteiger partial charge >= 0.3 is 0 Å². The van der Waals surface area contributed by atoms with E-state index in [-0.39, 0.29) is 17.7 Å². The van der Waals surface area contributed by atoms with Gasteiger partial charge in [-0.3, -0.25) is 0 Å². The summed E-state index contributed by atoms with van der Waals surface area (Å²) in [6.07, 6.45) is 4.85. The molecule has 2 aliphatic rings.